The van der Waals surface area contributed by atoms with Crippen molar-refractivity contribution in [2.24, 2.45) is 0 Å². The van der Waals surface area contributed by atoms with Crippen molar-refractivity contribution < 1.29 is 14.7 Å². The van der Waals surface area contributed by atoms with E-state index in [2.05, 4.69) is 15.9 Å². The minimum atomic E-state index is -1.20. The number of carbonyl (C=O) groups is 2. The van der Waals surface area contributed by atoms with Crippen molar-refractivity contribution >= 4 is 28.2 Å². The number of benzene rings is 1. The summed E-state index contributed by atoms with van der Waals surface area (Å²) in [6.45, 7) is 0. The van der Waals surface area contributed by atoms with Crippen LogP contribution in [0.3, 0.4) is 0 Å². The highest BCUT2D eigenvalue weighted by Gasteiger charge is 2.15. The first kappa shape index (κ1) is 10.4. The van der Waals surface area contributed by atoms with Gasteiger partial charge in [-0.25, -0.2) is 4.79 Å². The third-order valence-corrected chi connectivity index (χ3v) is 2.21. The number of carboxylic acids is 1. The van der Waals surface area contributed by atoms with Gasteiger partial charge in [0.25, 0.3) is 0 Å². The Balaban J connectivity index is 3.52. The standard InChI is InChI=1S/C9H4BrNO3/c10-7-2-5(4-12)1-6(3-11)8(7)9(13)14/h1-2,4H,(H,13,14). The summed E-state index contributed by atoms with van der Waals surface area (Å²) in [4.78, 5) is 21.2. The average Bonchev–Trinajstić information content (AvgIpc) is 2.15. The summed E-state index contributed by atoms with van der Waals surface area (Å²) in [5, 5.41) is 17.4. The zero-order valence-corrected chi connectivity index (χ0v) is 8.41. The summed E-state index contributed by atoms with van der Waals surface area (Å²) < 4.78 is 0.228. The highest BCUT2D eigenvalue weighted by atomic mass is 79.9. The second-order valence-corrected chi connectivity index (χ2v) is 3.31. The molecule has 0 unspecified atom stereocenters. The van der Waals surface area contributed by atoms with Crippen LogP contribution in [0.4, 0.5) is 0 Å². The van der Waals surface area contributed by atoms with E-state index in [9.17, 15) is 9.59 Å². The van der Waals surface area contributed by atoms with Gasteiger partial charge in [-0.3, -0.25) is 4.79 Å². The number of rotatable bonds is 2. The van der Waals surface area contributed by atoms with Crippen LogP contribution in [-0.4, -0.2) is 17.4 Å². The zero-order chi connectivity index (χ0) is 10.7. The van der Waals surface area contributed by atoms with Crippen LogP contribution in [0.1, 0.15) is 26.3 Å². The number of hydrogen-bond acceptors (Lipinski definition) is 3. The van der Waals surface area contributed by atoms with Crippen molar-refractivity contribution in [2.75, 3.05) is 0 Å². The number of carbonyl (C=O) groups excluding carboxylic acids is 1. The second-order valence-electron chi connectivity index (χ2n) is 2.46. The normalized spacial score (nSPS) is 9.14. The van der Waals surface area contributed by atoms with Crippen molar-refractivity contribution in [2.45, 2.75) is 0 Å². The van der Waals surface area contributed by atoms with E-state index in [1.54, 1.807) is 6.07 Å². The van der Waals surface area contributed by atoms with Gasteiger partial charge in [0.15, 0.2) is 0 Å². The van der Waals surface area contributed by atoms with E-state index >= 15 is 0 Å². The summed E-state index contributed by atoms with van der Waals surface area (Å²) in [6.07, 6.45) is 0.553. The Morgan fingerprint density at radius 3 is 2.64 bits per heavy atom. The van der Waals surface area contributed by atoms with Gasteiger partial charge in [-0.1, -0.05) is 0 Å². The quantitative estimate of drug-likeness (QED) is 0.816. The van der Waals surface area contributed by atoms with E-state index in [-0.39, 0.29) is 21.2 Å². The molecular weight excluding hydrogens is 250 g/mol. The Bertz CT molecular complexity index is 448. The number of hydrogen-bond donors (Lipinski definition) is 1. The summed E-state index contributed by atoms with van der Waals surface area (Å²) >= 11 is 2.99. The molecule has 0 atom stereocenters. The predicted molar refractivity (Wildman–Crippen MR) is 51.2 cm³/mol. The van der Waals surface area contributed by atoms with Crippen molar-refractivity contribution in [3.8, 4) is 6.07 Å². The van der Waals surface area contributed by atoms with E-state index in [1.807, 2.05) is 0 Å². The minimum absolute atomic E-state index is 0.0334. The molecule has 0 aromatic heterocycles. The van der Waals surface area contributed by atoms with E-state index in [0.29, 0.717) is 6.29 Å². The highest BCUT2D eigenvalue weighted by Crippen LogP contribution is 2.22. The molecule has 0 aliphatic heterocycles. The van der Waals surface area contributed by atoms with Gasteiger partial charge in [0.05, 0.1) is 11.1 Å². The van der Waals surface area contributed by atoms with E-state index in [1.165, 1.54) is 12.1 Å². The molecule has 0 amide bonds. The summed E-state index contributed by atoms with van der Waals surface area (Å²) in [5.74, 6) is -1.20. The number of halogens is 1. The maximum atomic E-state index is 10.7. The number of aldehydes is 1. The van der Waals surface area contributed by atoms with Crippen molar-refractivity contribution in [3.05, 3.63) is 33.3 Å². The average molecular weight is 254 g/mol. The van der Waals surface area contributed by atoms with Crippen molar-refractivity contribution in [1.82, 2.24) is 0 Å². The van der Waals surface area contributed by atoms with Crippen LogP contribution in [0.25, 0.3) is 0 Å². The van der Waals surface area contributed by atoms with Gasteiger partial charge in [-0.2, -0.15) is 5.26 Å². The van der Waals surface area contributed by atoms with Gasteiger partial charge < -0.3 is 5.11 Å². The lowest BCUT2D eigenvalue weighted by atomic mass is 10.1. The molecule has 70 valence electrons. The van der Waals surface area contributed by atoms with Gasteiger partial charge in [0.2, 0.25) is 0 Å². The Hall–Kier alpha value is -1.67. The van der Waals surface area contributed by atoms with Gasteiger partial charge >= 0.3 is 5.97 Å². The molecule has 0 bridgehead atoms. The van der Waals surface area contributed by atoms with Crippen LogP contribution in [0.15, 0.2) is 16.6 Å². The van der Waals surface area contributed by atoms with Crippen molar-refractivity contribution in [1.29, 1.82) is 5.26 Å². The van der Waals surface area contributed by atoms with Gasteiger partial charge in [-0.15, -0.1) is 0 Å². The lowest BCUT2D eigenvalue weighted by Crippen LogP contribution is -2.02. The Morgan fingerprint density at radius 2 is 2.21 bits per heavy atom. The lowest BCUT2D eigenvalue weighted by molar-refractivity contribution is 0.0695. The fraction of sp³-hybridized carbons (Fsp3) is 0. The molecule has 0 spiro atoms. The number of carboxylic acid groups (broad SMARTS) is 1. The zero-order valence-electron chi connectivity index (χ0n) is 6.82. The summed E-state index contributed by atoms with van der Waals surface area (Å²) in [5.41, 5.74) is 0.102. The molecule has 1 aromatic carbocycles. The molecule has 14 heavy (non-hydrogen) atoms. The maximum absolute atomic E-state index is 10.7. The van der Waals surface area contributed by atoms with Crippen LogP contribution in [-0.2, 0) is 0 Å². The SMILES string of the molecule is N#Cc1cc(C=O)cc(Br)c1C(=O)O. The third kappa shape index (κ3) is 1.80. The molecule has 5 heteroatoms. The molecule has 4 nitrogen and oxygen atoms in total. The molecule has 0 aliphatic rings. The van der Waals surface area contributed by atoms with Gasteiger partial charge in [0.1, 0.15) is 12.4 Å². The largest absolute Gasteiger partial charge is 0.478 e. The monoisotopic (exact) mass is 253 g/mol. The molecule has 0 saturated heterocycles. The van der Waals surface area contributed by atoms with E-state index < -0.39 is 5.97 Å². The second kappa shape index (κ2) is 4.03. The number of aromatic carboxylic acids is 1. The lowest BCUT2D eigenvalue weighted by Gasteiger charge is -2.02. The Kier molecular flexibility index (Phi) is 2.99. The van der Waals surface area contributed by atoms with Crippen molar-refractivity contribution in [3.63, 3.8) is 0 Å². The predicted octanol–water partition coefficient (Wildman–Crippen LogP) is 1.83. The summed E-state index contributed by atoms with van der Waals surface area (Å²) in [7, 11) is 0. The van der Waals surface area contributed by atoms with Gasteiger partial charge in [-0.05, 0) is 28.1 Å². The van der Waals surface area contributed by atoms with Crippen LogP contribution in [0.2, 0.25) is 0 Å². The molecule has 0 heterocycles. The highest BCUT2D eigenvalue weighted by molar-refractivity contribution is 9.10. The molecule has 0 radical (unpaired) electrons. The molecular formula is C9H4BrNO3. The van der Waals surface area contributed by atoms with Crippen LogP contribution in [0.5, 0.6) is 0 Å². The first-order chi connectivity index (χ1) is 6.60. The van der Waals surface area contributed by atoms with Crippen LogP contribution >= 0.6 is 15.9 Å². The summed E-state index contributed by atoms with van der Waals surface area (Å²) in [6, 6.07) is 4.32. The molecule has 1 aromatic rings. The molecule has 0 fully saturated rings. The fourth-order valence-corrected chi connectivity index (χ4v) is 1.65. The fourth-order valence-electron chi connectivity index (χ4n) is 1.00. The molecule has 0 aliphatic carbocycles. The topological polar surface area (TPSA) is 78.2 Å². The molecule has 1 N–H and O–H groups in total. The Labute approximate surface area is 87.9 Å². The Morgan fingerprint density at radius 1 is 1.57 bits per heavy atom. The van der Waals surface area contributed by atoms with Gasteiger partial charge in [0, 0.05) is 10.0 Å². The van der Waals surface area contributed by atoms with E-state index in [0.717, 1.165) is 0 Å². The smallest absolute Gasteiger partial charge is 0.338 e. The number of nitrogens with zero attached hydrogens (tertiary/aromatic N) is 1. The number of nitriles is 1. The minimum Gasteiger partial charge on any atom is -0.478 e. The maximum Gasteiger partial charge on any atom is 0.338 e. The molecule has 1 rings (SSSR count). The first-order valence-corrected chi connectivity index (χ1v) is 4.31. The first-order valence-electron chi connectivity index (χ1n) is 3.52. The van der Waals surface area contributed by atoms with Crippen LogP contribution < -0.4 is 0 Å². The van der Waals surface area contributed by atoms with E-state index in [4.69, 9.17) is 10.4 Å². The third-order valence-electron chi connectivity index (χ3n) is 1.58. The molecule has 0 saturated carbocycles. The van der Waals surface area contributed by atoms with Crippen LogP contribution in [0, 0.1) is 11.3 Å².